The van der Waals surface area contributed by atoms with Gasteiger partial charge in [-0.3, -0.25) is 0 Å². The highest BCUT2D eigenvalue weighted by Crippen LogP contribution is 2.27. The van der Waals surface area contributed by atoms with Crippen molar-refractivity contribution in [2.24, 2.45) is 7.05 Å². The van der Waals surface area contributed by atoms with E-state index in [0.29, 0.717) is 6.54 Å². The van der Waals surface area contributed by atoms with Crippen LogP contribution < -0.4 is 4.90 Å². The molecule has 4 nitrogen and oxygen atoms in total. The van der Waals surface area contributed by atoms with E-state index < -0.39 is 0 Å². The summed E-state index contributed by atoms with van der Waals surface area (Å²) in [5, 5.41) is 9.01. The highest BCUT2D eigenvalue weighted by atomic mass is 79.9. The maximum Gasteiger partial charge on any atom is 0.140 e. The first-order valence-electron chi connectivity index (χ1n) is 7.14. The molecule has 0 radical (unpaired) electrons. The largest absolute Gasteiger partial charge is 0.395 e. The van der Waals surface area contributed by atoms with Crippen molar-refractivity contribution in [3.05, 3.63) is 46.9 Å². The highest BCUT2D eigenvalue weighted by molar-refractivity contribution is 9.10. The Bertz CT molecular complexity index is 796. The van der Waals surface area contributed by atoms with Crippen molar-refractivity contribution in [3.63, 3.8) is 0 Å². The molecule has 114 valence electrons. The Morgan fingerprint density at radius 2 is 1.91 bits per heavy atom. The van der Waals surface area contributed by atoms with Gasteiger partial charge in [0.2, 0.25) is 0 Å². The number of nitrogens with zero attached hydrogens (tertiary/aromatic N) is 3. The van der Waals surface area contributed by atoms with Crippen LogP contribution in [0.1, 0.15) is 0 Å². The molecule has 3 aromatic rings. The van der Waals surface area contributed by atoms with Crippen molar-refractivity contribution in [3.8, 4) is 11.4 Å². The minimum absolute atomic E-state index is 0.151. The minimum atomic E-state index is 0.151. The summed E-state index contributed by atoms with van der Waals surface area (Å²) in [4.78, 5) is 6.76. The average Bonchev–Trinajstić information content (AvgIpc) is 2.84. The number of benzene rings is 2. The number of hydrogen-bond acceptors (Lipinski definition) is 3. The van der Waals surface area contributed by atoms with E-state index in [0.717, 1.165) is 32.6 Å². The molecule has 0 unspecified atom stereocenters. The molecule has 0 atom stereocenters. The summed E-state index contributed by atoms with van der Waals surface area (Å²) in [5.41, 5.74) is 4.25. The van der Waals surface area contributed by atoms with Gasteiger partial charge >= 0.3 is 0 Å². The molecule has 0 bridgehead atoms. The van der Waals surface area contributed by atoms with Crippen molar-refractivity contribution < 1.29 is 5.11 Å². The number of imidazole rings is 1. The van der Waals surface area contributed by atoms with Gasteiger partial charge in [0, 0.05) is 36.4 Å². The van der Waals surface area contributed by atoms with Gasteiger partial charge in [0.25, 0.3) is 0 Å². The van der Waals surface area contributed by atoms with Crippen molar-refractivity contribution in [1.82, 2.24) is 9.55 Å². The number of aromatic nitrogens is 2. The second kappa shape index (κ2) is 6.10. The van der Waals surface area contributed by atoms with Crippen LogP contribution in [0.15, 0.2) is 46.9 Å². The third kappa shape index (κ3) is 2.74. The molecule has 0 fully saturated rings. The van der Waals surface area contributed by atoms with Gasteiger partial charge in [0.15, 0.2) is 0 Å². The first-order valence-corrected chi connectivity index (χ1v) is 7.94. The molecule has 0 aliphatic carbocycles. The second-order valence-corrected chi connectivity index (χ2v) is 6.24. The summed E-state index contributed by atoms with van der Waals surface area (Å²) < 4.78 is 3.14. The number of aryl methyl sites for hydroxylation is 1. The predicted molar refractivity (Wildman–Crippen MR) is 94.2 cm³/mol. The van der Waals surface area contributed by atoms with Crippen molar-refractivity contribution in [2.75, 3.05) is 25.1 Å². The third-order valence-electron chi connectivity index (χ3n) is 3.84. The summed E-state index contributed by atoms with van der Waals surface area (Å²) in [6.07, 6.45) is 0. The Morgan fingerprint density at radius 1 is 1.18 bits per heavy atom. The summed E-state index contributed by atoms with van der Waals surface area (Å²) in [5.74, 6) is 0.949. The molecule has 0 amide bonds. The molecule has 5 heteroatoms. The van der Waals surface area contributed by atoms with E-state index in [-0.39, 0.29) is 6.61 Å². The van der Waals surface area contributed by atoms with Gasteiger partial charge in [0.05, 0.1) is 17.6 Å². The number of likely N-dealkylation sites (N-methyl/N-ethyl adjacent to an activating group) is 1. The zero-order chi connectivity index (χ0) is 15.7. The van der Waals surface area contributed by atoms with Crippen LogP contribution in [0.3, 0.4) is 0 Å². The number of fused-ring (bicyclic) bond motifs is 1. The summed E-state index contributed by atoms with van der Waals surface area (Å²) in [6.45, 7) is 0.775. The van der Waals surface area contributed by atoms with Crippen LogP contribution in [0, 0.1) is 0 Å². The molecule has 0 saturated carbocycles. The van der Waals surface area contributed by atoms with E-state index in [2.05, 4.69) is 50.8 Å². The Balaban J connectivity index is 1.99. The molecule has 22 heavy (non-hydrogen) atoms. The van der Waals surface area contributed by atoms with E-state index in [4.69, 9.17) is 10.1 Å². The smallest absolute Gasteiger partial charge is 0.140 e. The molecule has 1 heterocycles. The van der Waals surface area contributed by atoms with Gasteiger partial charge in [-0.15, -0.1) is 0 Å². The van der Waals surface area contributed by atoms with Crippen LogP contribution in [-0.4, -0.2) is 34.9 Å². The first-order chi connectivity index (χ1) is 10.6. The number of anilines is 1. The van der Waals surface area contributed by atoms with E-state index >= 15 is 0 Å². The fourth-order valence-electron chi connectivity index (χ4n) is 2.58. The molecule has 0 aliphatic rings. The maximum atomic E-state index is 9.01. The van der Waals surface area contributed by atoms with Crippen molar-refractivity contribution in [1.29, 1.82) is 0 Å². The zero-order valence-electron chi connectivity index (χ0n) is 12.6. The van der Waals surface area contributed by atoms with E-state index in [1.807, 2.05) is 31.1 Å². The lowest BCUT2D eigenvalue weighted by Gasteiger charge is -2.18. The van der Waals surface area contributed by atoms with Gasteiger partial charge in [-0.05, 0) is 42.5 Å². The van der Waals surface area contributed by atoms with Gasteiger partial charge in [-0.25, -0.2) is 4.98 Å². The Hall–Kier alpha value is -1.85. The first kappa shape index (κ1) is 15.1. The number of aliphatic hydroxyl groups is 1. The predicted octanol–water partition coefficient (Wildman–Crippen LogP) is 3.43. The number of aliphatic hydroxyl groups excluding tert-OH is 1. The van der Waals surface area contributed by atoms with Crippen LogP contribution in [0.5, 0.6) is 0 Å². The maximum absolute atomic E-state index is 9.01. The van der Waals surface area contributed by atoms with Crippen LogP contribution in [0.4, 0.5) is 5.69 Å². The van der Waals surface area contributed by atoms with Crippen molar-refractivity contribution in [2.45, 2.75) is 0 Å². The van der Waals surface area contributed by atoms with Gasteiger partial charge in [0.1, 0.15) is 5.82 Å². The lowest BCUT2D eigenvalue weighted by molar-refractivity contribution is 0.304. The summed E-state index contributed by atoms with van der Waals surface area (Å²) in [6, 6.07) is 14.4. The van der Waals surface area contributed by atoms with E-state index in [9.17, 15) is 0 Å². The Morgan fingerprint density at radius 3 is 2.59 bits per heavy atom. The topological polar surface area (TPSA) is 41.3 Å². The summed E-state index contributed by atoms with van der Waals surface area (Å²) in [7, 11) is 4.00. The molecule has 3 rings (SSSR count). The quantitative estimate of drug-likeness (QED) is 0.775. The molecular weight excluding hydrogens is 342 g/mol. The van der Waals surface area contributed by atoms with Gasteiger partial charge < -0.3 is 14.6 Å². The molecule has 1 N–H and O–H groups in total. The minimum Gasteiger partial charge on any atom is -0.395 e. The van der Waals surface area contributed by atoms with Crippen molar-refractivity contribution >= 4 is 32.7 Å². The number of rotatable bonds is 4. The lowest BCUT2D eigenvalue weighted by atomic mass is 10.2. The molecule has 0 spiro atoms. The number of hydrogen-bond donors (Lipinski definition) is 1. The number of halogens is 1. The molecule has 0 saturated heterocycles. The van der Waals surface area contributed by atoms with Crippen LogP contribution >= 0.6 is 15.9 Å². The zero-order valence-corrected chi connectivity index (χ0v) is 14.2. The lowest BCUT2D eigenvalue weighted by Crippen LogP contribution is -2.20. The SMILES string of the molecule is CN(CCO)c1ccc(-c2nc3cc(Br)ccc3n2C)cc1. The van der Waals surface area contributed by atoms with Crippen LogP contribution in [-0.2, 0) is 7.05 Å². The van der Waals surface area contributed by atoms with E-state index in [1.165, 1.54) is 0 Å². The summed E-state index contributed by atoms with van der Waals surface area (Å²) >= 11 is 3.49. The van der Waals surface area contributed by atoms with Crippen LogP contribution in [0.25, 0.3) is 22.4 Å². The average molecular weight is 360 g/mol. The fourth-order valence-corrected chi connectivity index (χ4v) is 2.92. The molecule has 1 aromatic heterocycles. The van der Waals surface area contributed by atoms with Crippen LogP contribution in [0.2, 0.25) is 0 Å². The second-order valence-electron chi connectivity index (χ2n) is 5.32. The Labute approximate surface area is 138 Å². The van der Waals surface area contributed by atoms with Gasteiger partial charge in [-0.2, -0.15) is 0 Å². The fraction of sp³-hybridized carbons (Fsp3) is 0.235. The Kier molecular flexibility index (Phi) is 4.18. The van der Waals surface area contributed by atoms with Gasteiger partial charge in [-0.1, -0.05) is 15.9 Å². The molecule has 0 aliphatic heterocycles. The monoisotopic (exact) mass is 359 g/mol. The van der Waals surface area contributed by atoms with E-state index in [1.54, 1.807) is 0 Å². The normalized spacial score (nSPS) is 11.1. The molecular formula is C17H18BrN3O. The third-order valence-corrected chi connectivity index (χ3v) is 4.34. The standard InChI is InChI=1S/C17H18BrN3O/c1-20(9-10-22)14-6-3-12(4-7-14)17-19-15-11-13(18)5-8-16(15)21(17)2/h3-8,11,22H,9-10H2,1-2H3. The molecule has 2 aromatic carbocycles. The highest BCUT2D eigenvalue weighted by Gasteiger charge is 2.10.